The van der Waals surface area contributed by atoms with E-state index >= 15 is 0 Å². The van der Waals surface area contributed by atoms with Gasteiger partial charge in [0.25, 0.3) is 0 Å². The fourth-order valence-electron chi connectivity index (χ4n) is 3.02. The highest BCUT2D eigenvalue weighted by atomic mass is 19.1. The van der Waals surface area contributed by atoms with E-state index in [1.807, 2.05) is 0 Å². The van der Waals surface area contributed by atoms with Crippen LogP contribution in [0.4, 0.5) is 4.39 Å². The minimum Gasteiger partial charge on any atom is -0.356 e. The first kappa shape index (κ1) is 16.0. The average molecular weight is 318 g/mol. The lowest BCUT2D eigenvalue weighted by molar-refractivity contribution is -0.127. The molecule has 5 heteroatoms. The summed E-state index contributed by atoms with van der Waals surface area (Å²) in [7, 11) is 0. The van der Waals surface area contributed by atoms with Crippen LogP contribution in [0.3, 0.4) is 0 Å². The van der Waals surface area contributed by atoms with Gasteiger partial charge in [0.05, 0.1) is 0 Å². The first-order valence-electron chi connectivity index (χ1n) is 8.46. The van der Waals surface area contributed by atoms with Crippen molar-refractivity contribution in [3.05, 3.63) is 35.6 Å². The van der Waals surface area contributed by atoms with Gasteiger partial charge in [-0.1, -0.05) is 18.6 Å². The van der Waals surface area contributed by atoms with Crippen molar-refractivity contribution in [3.8, 4) is 0 Å². The van der Waals surface area contributed by atoms with Crippen LogP contribution in [-0.4, -0.2) is 24.9 Å². The summed E-state index contributed by atoms with van der Waals surface area (Å²) in [4.78, 5) is 23.7. The van der Waals surface area contributed by atoms with Crippen LogP contribution in [0.15, 0.2) is 24.3 Å². The molecule has 2 amide bonds. The third-order valence-corrected chi connectivity index (χ3v) is 4.85. The van der Waals surface area contributed by atoms with E-state index in [9.17, 15) is 14.0 Å². The van der Waals surface area contributed by atoms with Crippen molar-refractivity contribution in [1.29, 1.82) is 0 Å². The molecule has 2 N–H and O–H groups in total. The largest absolute Gasteiger partial charge is 0.356 e. The molecule has 0 spiro atoms. The van der Waals surface area contributed by atoms with Gasteiger partial charge in [0.2, 0.25) is 11.8 Å². The second kappa shape index (κ2) is 7.11. The standard InChI is InChI=1S/C18H23FN2O2/c19-14-7-5-12(6-8-14)15-11-16(15)18(23)21-10-2-9-20-17(22)13-3-1-4-13/h5-8,13,15-16H,1-4,9-11H2,(H,20,22)(H,21,23)/t15-,16+/m1/s1. The number of rotatable bonds is 7. The Labute approximate surface area is 135 Å². The number of carbonyl (C=O) groups is 2. The Morgan fingerprint density at radius 3 is 2.30 bits per heavy atom. The molecule has 1 aromatic carbocycles. The number of hydrogen-bond acceptors (Lipinski definition) is 2. The van der Waals surface area contributed by atoms with Gasteiger partial charge in [-0.25, -0.2) is 4.39 Å². The third kappa shape index (κ3) is 4.09. The van der Waals surface area contributed by atoms with Crippen LogP contribution in [0.5, 0.6) is 0 Å². The zero-order valence-electron chi connectivity index (χ0n) is 13.2. The topological polar surface area (TPSA) is 58.2 Å². The maximum absolute atomic E-state index is 12.9. The molecular weight excluding hydrogens is 295 g/mol. The maximum Gasteiger partial charge on any atom is 0.223 e. The predicted octanol–water partition coefficient (Wildman–Crippen LogP) is 2.35. The summed E-state index contributed by atoms with van der Waals surface area (Å²) in [5.41, 5.74) is 1.03. The molecule has 0 saturated heterocycles. The molecule has 0 heterocycles. The lowest BCUT2D eigenvalue weighted by Gasteiger charge is -2.23. The van der Waals surface area contributed by atoms with Crippen molar-refractivity contribution >= 4 is 11.8 Å². The van der Waals surface area contributed by atoms with Gasteiger partial charge >= 0.3 is 0 Å². The van der Waals surface area contributed by atoms with Gasteiger partial charge in [0.15, 0.2) is 0 Å². The monoisotopic (exact) mass is 318 g/mol. The minimum absolute atomic E-state index is 0.00466. The van der Waals surface area contributed by atoms with E-state index in [1.165, 1.54) is 12.1 Å². The molecule has 2 saturated carbocycles. The van der Waals surface area contributed by atoms with E-state index < -0.39 is 0 Å². The molecule has 0 radical (unpaired) electrons. The molecule has 4 nitrogen and oxygen atoms in total. The lowest BCUT2D eigenvalue weighted by atomic mass is 9.85. The van der Waals surface area contributed by atoms with Crippen molar-refractivity contribution in [1.82, 2.24) is 10.6 Å². The smallest absolute Gasteiger partial charge is 0.223 e. The molecule has 2 aliphatic carbocycles. The summed E-state index contributed by atoms with van der Waals surface area (Å²) in [6, 6.07) is 6.38. The Hall–Kier alpha value is -1.91. The molecule has 0 aliphatic heterocycles. The molecule has 0 bridgehead atoms. The van der Waals surface area contributed by atoms with Crippen molar-refractivity contribution < 1.29 is 14.0 Å². The SMILES string of the molecule is O=C(NCCCNC(=O)[C@H]1C[C@@H]1c1ccc(F)cc1)C1CCC1. The fourth-order valence-corrected chi connectivity index (χ4v) is 3.02. The number of hydrogen-bond donors (Lipinski definition) is 2. The lowest BCUT2D eigenvalue weighted by Crippen LogP contribution is -2.36. The van der Waals surface area contributed by atoms with Gasteiger partial charge in [0.1, 0.15) is 5.82 Å². The van der Waals surface area contributed by atoms with Crippen molar-refractivity contribution in [3.63, 3.8) is 0 Å². The maximum atomic E-state index is 12.9. The number of nitrogens with one attached hydrogen (secondary N) is 2. The van der Waals surface area contributed by atoms with Gasteiger partial charge in [-0.2, -0.15) is 0 Å². The van der Waals surface area contributed by atoms with E-state index in [1.54, 1.807) is 12.1 Å². The van der Waals surface area contributed by atoms with E-state index in [0.29, 0.717) is 13.1 Å². The number of carbonyl (C=O) groups excluding carboxylic acids is 2. The molecule has 2 aliphatic rings. The average Bonchev–Trinajstić information content (AvgIpc) is 3.26. The van der Waals surface area contributed by atoms with Crippen LogP contribution in [0.2, 0.25) is 0 Å². The highest BCUT2D eigenvalue weighted by molar-refractivity contribution is 5.83. The van der Waals surface area contributed by atoms with Crippen molar-refractivity contribution in [2.24, 2.45) is 11.8 Å². The van der Waals surface area contributed by atoms with Crippen LogP contribution in [0.25, 0.3) is 0 Å². The van der Waals surface area contributed by atoms with E-state index in [2.05, 4.69) is 10.6 Å². The van der Waals surface area contributed by atoms with Crippen molar-refractivity contribution in [2.45, 2.75) is 38.0 Å². The van der Waals surface area contributed by atoms with Gasteiger partial charge in [-0.05, 0) is 49.3 Å². The molecule has 23 heavy (non-hydrogen) atoms. The van der Waals surface area contributed by atoms with Crippen LogP contribution < -0.4 is 10.6 Å². The number of halogens is 1. The zero-order valence-corrected chi connectivity index (χ0v) is 13.2. The molecular formula is C18H23FN2O2. The second-order valence-electron chi connectivity index (χ2n) is 6.56. The Morgan fingerprint density at radius 2 is 1.70 bits per heavy atom. The summed E-state index contributed by atoms with van der Waals surface area (Å²) in [6.07, 6.45) is 4.75. The molecule has 124 valence electrons. The van der Waals surface area contributed by atoms with Crippen molar-refractivity contribution in [2.75, 3.05) is 13.1 Å². The highest BCUT2D eigenvalue weighted by Gasteiger charge is 2.43. The van der Waals surface area contributed by atoms with Gasteiger partial charge in [0, 0.05) is 24.9 Å². The van der Waals surface area contributed by atoms with E-state index in [4.69, 9.17) is 0 Å². The third-order valence-electron chi connectivity index (χ3n) is 4.85. The van der Waals surface area contributed by atoms with Crippen LogP contribution >= 0.6 is 0 Å². The summed E-state index contributed by atoms with van der Waals surface area (Å²) in [5, 5.41) is 5.84. The molecule has 1 aromatic rings. The normalized spacial score (nSPS) is 23.0. The number of amides is 2. The molecule has 2 atom stereocenters. The highest BCUT2D eigenvalue weighted by Crippen LogP contribution is 2.47. The molecule has 3 rings (SSSR count). The van der Waals surface area contributed by atoms with E-state index in [0.717, 1.165) is 37.7 Å². The van der Waals surface area contributed by atoms with Crippen LogP contribution in [0, 0.1) is 17.7 Å². The Kier molecular flexibility index (Phi) is 4.94. The van der Waals surface area contributed by atoms with Gasteiger partial charge in [-0.3, -0.25) is 9.59 Å². The quantitative estimate of drug-likeness (QED) is 0.758. The molecule has 0 aromatic heterocycles. The zero-order chi connectivity index (χ0) is 16.2. The summed E-state index contributed by atoms with van der Waals surface area (Å²) in [5.74, 6) is 0.400. The van der Waals surface area contributed by atoms with Gasteiger partial charge < -0.3 is 10.6 Å². The second-order valence-corrected chi connectivity index (χ2v) is 6.56. The summed E-state index contributed by atoms with van der Waals surface area (Å²) in [6.45, 7) is 1.19. The fraction of sp³-hybridized carbons (Fsp3) is 0.556. The predicted molar refractivity (Wildman–Crippen MR) is 85.2 cm³/mol. The Morgan fingerprint density at radius 1 is 1.04 bits per heavy atom. The number of benzene rings is 1. The first-order valence-corrected chi connectivity index (χ1v) is 8.46. The minimum atomic E-state index is -0.251. The Balaban J connectivity index is 1.30. The summed E-state index contributed by atoms with van der Waals surface area (Å²) < 4.78 is 12.9. The summed E-state index contributed by atoms with van der Waals surface area (Å²) >= 11 is 0. The molecule has 0 unspecified atom stereocenters. The Bertz CT molecular complexity index is 569. The van der Waals surface area contributed by atoms with Crippen LogP contribution in [0.1, 0.15) is 43.6 Å². The van der Waals surface area contributed by atoms with E-state index in [-0.39, 0.29) is 35.4 Å². The van der Waals surface area contributed by atoms with Crippen LogP contribution in [-0.2, 0) is 9.59 Å². The first-order chi connectivity index (χ1) is 11.1. The molecule has 2 fully saturated rings. The van der Waals surface area contributed by atoms with Gasteiger partial charge in [-0.15, -0.1) is 0 Å².